The summed E-state index contributed by atoms with van der Waals surface area (Å²) >= 11 is 0. The Hall–Kier alpha value is -2.95. The van der Waals surface area contributed by atoms with Crippen LogP contribution in [0.25, 0.3) is 10.9 Å². The van der Waals surface area contributed by atoms with Gasteiger partial charge in [-0.3, -0.25) is 4.79 Å². The van der Waals surface area contributed by atoms with E-state index in [0.29, 0.717) is 18.8 Å². The molecule has 140 valence electrons. The third-order valence-electron chi connectivity index (χ3n) is 5.22. The van der Waals surface area contributed by atoms with Gasteiger partial charge in [0, 0.05) is 36.1 Å². The fraction of sp³-hybridized carbons (Fsp3) is 0.318. The van der Waals surface area contributed by atoms with E-state index in [9.17, 15) is 9.90 Å². The third-order valence-corrected chi connectivity index (χ3v) is 5.22. The summed E-state index contributed by atoms with van der Waals surface area (Å²) in [7, 11) is 0. The van der Waals surface area contributed by atoms with Crippen molar-refractivity contribution in [2.24, 2.45) is 0 Å². The van der Waals surface area contributed by atoms with E-state index in [2.05, 4.69) is 30.1 Å². The summed E-state index contributed by atoms with van der Waals surface area (Å²) < 4.78 is 5.76. The van der Waals surface area contributed by atoms with E-state index in [0.717, 1.165) is 12.8 Å². The zero-order valence-electron chi connectivity index (χ0n) is 15.7. The molecule has 0 spiro atoms. The number of aryl methyl sites for hydroxylation is 1. The summed E-state index contributed by atoms with van der Waals surface area (Å²) in [6.45, 7) is 5.25. The van der Waals surface area contributed by atoms with Crippen molar-refractivity contribution < 1.29 is 14.6 Å². The molecular weight excluding hydrogens is 340 g/mol. The van der Waals surface area contributed by atoms with Crippen LogP contribution in [0.3, 0.4) is 0 Å². The number of aromatic nitrogens is 1. The highest BCUT2D eigenvalue weighted by atomic mass is 16.5. The molecule has 0 radical (unpaired) electrons. The minimum Gasteiger partial charge on any atom is -0.508 e. The van der Waals surface area contributed by atoms with Crippen molar-refractivity contribution in [2.75, 3.05) is 13.1 Å². The van der Waals surface area contributed by atoms with Gasteiger partial charge in [0.1, 0.15) is 11.5 Å². The summed E-state index contributed by atoms with van der Waals surface area (Å²) in [6.07, 6.45) is 1.10. The summed E-state index contributed by atoms with van der Waals surface area (Å²) in [5.74, 6) is 0.751. The van der Waals surface area contributed by atoms with E-state index < -0.39 is 6.10 Å². The van der Waals surface area contributed by atoms with Gasteiger partial charge in [0.2, 0.25) is 0 Å². The number of hydrogen-bond donors (Lipinski definition) is 2. The van der Waals surface area contributed by atoms with E-state index in [1.54, 1.807) is 31.2 Å². The number of benzene rings is 2. The van der Waals surface area contributed by atoms with Crippen molar-refractivity contribution in [3.05, 3.63) is 59.3 Å². The molecule has 1 amide bonds. The maximum absolute atomic E-state index is 12.9. The van der Waals surface area contributed by atoms with Crippen molar-refractivity contribution in [3.63, 3.8) is 0 Å². The summed E-state index contributed by atoms with van der Waals surface area (Å²) in [6, 6.07) is 12.9. The van der Waals surface area contributed by atoms with Gasteiger partial charge in [-0.1, -0.05) is 11.6 Å². The lowest BCUT2D eigenvalue weighted by Crippen LogP contribution is -2.41. The molecule has 0 saturated heterocycles. The molecule has 0 saturated carbocycles. The highest BCUT2D eigenvalue weighted by Crippen LogP contribution is 2.27. The van der Waals surface area contributed by atoms with Gasteiger partial charge in [-0.15, -0.1) is 0 Å². The fourth-order valence-corrected chi connectivity index (χ4v) is 3.78. The lowest BCUT2D eigenvalue weighted by atomic mass is 10.1. The Labute approximate surface area is 158 Å². The normalized spacial score (nSPS) is 15.3. The van der Waals surface area contributed by atoms with E-state index in [4.69, 9.17) is 4.74 Å². The van der Waals surface area contributed by atoms with Crippen molar-refractivity contribution in [2.45, 2.75) is 32.8 Å². The molecule has 5 nitrogen and oxygen atoms in total. The summed E-state index contributed by atoms with van der Waals surface area (Å²) in [4.78, 5) is 18.3. The monoisotopic (exact) mass is 364 g/mol. The molecule has 2 N–H and O–H groups in total. The minimum atomic E-state index is -0.565. The number of nitrogens with one attached hydrogen (secondary N) is 1. The molecule has 2 aromatic carbocycles. The van der Waals surface area contributed by atoms with E-state index in [1.165, 1.54) is 27.7 Å². The molecule has 0 bridgehead atoms. The first-order valence-corrected chi connectivity index (χ1v) is 9.36. The van der Waals surface area contributed by atoms with Crippen LogP contribution in [-0.4, -0.2) is 40.1 Å². The van der Waals surface area contributed by atoms with Crippen LogP contribution >= 0.6 is 0 Å². The number of carbonyl (C=O) groups is 1. The Morgan fingerprint density at radius 1 is 1.15 bits per heavy atom. The molecular formula is C22H24N2O3. The second-order valence-corrected chi connectivity index (χ2v) is 7.21. The van der Waals surface area contributed by atoms with Gasteiger partial charge in [-0.25, -0.2) is 0 Å². The Balaban J connectivity index is 1.46. The minimum absolute atomic E-state index is 0.00582. The predicted molar refractivity (Wildman–Crippen MR) is 105 cm³/mol. The van der Waals surface area contributed by atoms with Crippen molar-refractivity contribution >= 4 is 16.8 Å². The van der Waals surface area contributed by atoms with Crippen LogP contribution in [0.4, 0.5) is 0 Å². The second kappa shape index (κ2) is 6.99. The van der Waals surface area contributed by atoms with Gasteiger partial charge >= 0.3 is 0 Å². The number of carbonyl (C=O) groups excluding carboxylic acids is 1. The number of fused-ring (bicyclic) bond motifs is 3. The number of aromatic amines is 1. The average Bonchev–Trinajstić information content (AvgIpc) is 2.86. The second-order valence-electron chi connectivity index (χ2n) is 7.21. The highest BCUT2D eigenvalue weighted by Gasteiger charge is 2.25. The van der Waals surface area contributed by atoms with Crippen LogP contribution in [0.1, 0.15) is 23.7 Å². The van der Waals surface area contributed by atoms with Gasteiger partial charge in [0.15, 0.2) is 6.10 Å². The quantitative estimate of drug-likeness (QED) is 0.747. The van der Waals surface area contributed by atoms with Gasteiger partial charge in [0.05, 0.1) is 0 Å². The molecule has 0 aliphatic carbocycles. The predicted octanol–water partition coefficient (Wildman–Crippen LogP) is 3.58. The molecule has 1 aromatic heterocycles. The molecule has 4 rings (SSSR count). The zero-order chi connectivity index (χ0) is 19.0. The molecule has 3 aromatic rings. The number of aromatic hydroxyl groups is 1. The first-order chi connectivity index (χ1) is 13.0. The maximum atomic E-state index is 12.9. The van der Waals surface area contributed by atoms with Crippen LogP contribution in [0.2, 0.25) is 0 Å². The number of phenolic OH excluding ortho intramolecular Hbond substituents is 1. The zero-order valence-corrected chi connectivity index (χ0v) is 15.7. The smallest absolute Gasteiger partial charge is 0.263 e. The van der Waals surface area contributed by atoms with Crippen LogP contribution in [0.5, 0.6) is 11.5 Å². The fourth-order valence-electron chi connectivity index (χ4n) is 3.78. The molecule has 1 aliphatic heterocycles. The number of amides is 1. The van der Waals surface area contributed by atoms with Crippen molar-refractivity contribution in [1.82, 2.24) is 9.88 Å². The third kappa shape index (κ3) is 3.50. The number of nitrogens with zero attached hydrogens (tertiary/aromatic N) is 1. The highest BCUT2D eigenvalue weighted by molar-refractivity contribution is 5.86. The molecule has 2 heterocycles. The molecule has 1 aliphatic rings. The standard InChI is InChI=1S/C22H24N2O3/c1-14-3-8-20-19(13-14)18-9-11-24(12-10-21(18)23-20)22(26)15(2)27-17-6-4-16(25)5-7-17/h3-8,13,15,23,25H,9-12H2,1-2H3. The topological polar surface area (TPSA) is 65.6 Å². The summed E-state index contributed by atoms with van der Waals surface area (Å²) in [5.41, 5.74) is 4.99. The SMILES string of the molecule is Cc1ccc2[nH]c3c(c2c1)CCN(C(=O)C(C)Oc1ccc(O)cc1)CC3. The van der Waals surface area contributed by atoms with E-state index in [-0.39, 0.29) is 11.7 Å². The summed E-state index contributed by atoms with van der Waals surface area (Å²) in [5, 5.41) is 10.6. The Morgan fingerprint density at radius 2 is 1.89 bits per heavy atom. The largest absolute Gasteiger partial charge is 0.508 e. The number of H-pyrrole nitrogens is 1. The molecule has 27 heavy (non-hydrogen) atoms. The van der Waals surface area contributed by atoms with Crippen molar-refractivity contribution in [3.8, 4) is 11.5 Å². The van der Waals surface area contributed by atoms with Crippen LogP contribution < -0.4 is 4.74 Å². The van der Waals surface area contributed by atoms with Crippen LogP contribution in [-0.2, 0) is 17.6 Å². The number of ether oxygens (including phenoxy) is 1. The number of rotatable bonds is 3. The Morgan fingerprint density at radius 3 is 2.67 bits per heavy atom. The van der Waals surface area contributed by atoms with Gasteiger partial charge < -0.3 is 19.7 Å². The van der Waals surface area contributed by atoms with Gasteiger partial charge in [-0.2, -0.15) is 0 Å². The number of hydrogen-bond acceptors (Lipinski definition) is 3. The van der Waals surface area contributed by atoms with Crippen LogP contribution in [0.15, 0.2) is 42.5 Å². The Kier molecular flexibility index (Phi) is 4.52. The average molecular weight is 364 g/mol. The molecule has 1 unspecified atom stereocenters. The van der Waals surface area contributed by atoms with Gasteiger partial charge in [-0.05, 0) is 62.2 Å². The van der Waals surface area contributed by atoms with Gasteiger partial charge in [0.25, 0.3) is 5.91 Å². The Bertz CT molecular complexity index is 975. The first-order valence-electron chi connectivity index (χ1n) is 9.36. The molecule has 0 fully saturated rings. The first kappa shape index (κ1) is 17.5. The lowest BCUT2D eigenvalue weighted by Gasteiger charge is -2.24. The lowest BCUT2D eigenvalue weighted by molar-refractivity contribution is -0.137. The molecule has 1 atom stereocenters. The number of phenols is 1. The molecule has 5 heteroatoms. The maximum Gasteiger partial charge on any atom is 0.263 e. The van der Waals surface area contributed by atoms with E-state index in [1.807, 2.05) is 4.90 Å². The van der Waals surface area contributed by atoms with Crippen molar-refractivity contribution in [1.29, 1.82) is 0 Å². The van der Waals surface area contributed by atoms with Crippen LogP contribution in [0, 0.1) is 6.92 Å². The van der Waals surface area contributed by atoms with E-state index >= 15 is 0 Å².